The fourth-order valence-corrected chi connectivity index (χ4v) is 4.97. The number of hydrogen-bond donors (Lipinski definition) is 1. The number of carbonyl (C=O) groups is 1. The number of carbonyl (C=O) groups excluding carboxylic acids is 1. The van der Waals surface area contributed by atoms with Crippen molar-refractivity contribution in [2.75, 3.05) is 32.7 Å². The SMILES string of the molecule is Cc1c(C(=O)N2CCN(CC3(O)CCC3)CC2)sc2ccccc12. The minimum atomic E-state index is -0.464. The van der Waals surface area contributed by atoms with Crippen LogP contribution in [0.4, 0.5) is 0 Å². The quantitative estimate of drug-likeness (QED) is 0.931. The third kappa shape index (κ3) is 2.85. The predicted octanol–water partition coefficient (Wildman–Crippen LogP) is 2.88. The summed E-state index contributed by atoms with van der Waals surface area (Å²) >= 11 is 1.60. The third-order valence-electron chi connectivity index (χ3n) is 5.50. The minimum absolute atomic E-state index is 0.163. The Morgan fingerprint density at radius 1 is 1.21 bits per heavy atom. The van der Waals surface area contributed by atoms with Crippen LogP contribution in [0.1, 0.15) is 34.5 Å². The molecule has 0 atom stereocenters. The summed E-state index contributed by atoms with van der Waals surface area (Å²) in [5.74, 6) is 0.163. The first-order valence-electron chi connectivity index (χ1n) is 8.78. The molecule has 1 saturated heterocycles. The maximum atomic E-state index is 12.9. The molecule has 1 aliphatic carbocycles. The van der Waals surface area contributed by atoms with Crippen molar-refractivity contribution in [3.8, 4) is 0 Å². The van der Waals surface area contributed by atoms with Crippen molar-refractivity contribution in [1.82, 2.24) is 9.80 Å². The lowest BCUT2D eigenvalue weighted by atomic mass is 9.80. The Bertz CT molecular complexity index is 758. The molecule has 1 aromatic carbocycles. The van der Waals surface area contributed by atoms with Gasteiger partial charge < -0.3 is 10.0 Å². The number of aryl methyl sites for hydroxylation is 1. The van der Waals surface area contributed by atoms with Gasteiger partial charge in [-0.25, -0.2) is 0 Å². The van der Waals surface area contributed by atoms with Gasteiger partial charge in [-0.15, -0.1) is 11.3 Å². The van der Waals surface area contributed by atoms with Crippen LogP contribution in [0.3, 0.4) is 0 Å². The highest BCUT2D eigenvalue weighted by Crippen LogP contribution is 2.33. The van der Waals surface area contributed by atoms with Crippen LogP contribution in [0, 0.1) is 6.92 Å². The summed E-state index contributed by atoms with van der Waals surface area (Å²) in [6.07, 6.45) is 2.99. The zero-order valence-corrected chi connectivity index (χ0v) is 14.9. The largest absolute Gasteiger partial charge is 0.389 e. The molecule has 1 saturated carbocycles. The maximum Gasteiger partial charge on any atom is 0.264 e. The van der Waals surface area contributed by atoms with Crippen LogP contribution in [-0.4, -0.2) is 59.1 Å². The van der Waals surface area contributed by atoms with Gasteiger partial charge in [-0.1, -0.05) is 18.2 Å². The lowest BCUT2D eigenvalue weighted by Crippen LogP contribution is -2.55. The lowest BCUT2D eigenvalue weighted by Gasteiger charge is -2.43. The molecule has 0 radical (unpaired) electrons. The number of nitrogens with zero attached hydrogens (tertiary/aromatic N) is 2. The topological polar surface area (TPSA) is 43.8 Å². The predicted molar refractivity (Wildman–Crippen MR) is 97.7 cm³/mol. The Hall–Kier alpha value is -1.43. The van der Waals surface area contributed by atoms with Gasteiger partial charge in [0, 0.05) is 37.4 Å². The second-order valence-electron chi connectivity index (χ2n) is 7.20. The van der Waals surface area contributed by atoms with Gasteiger partial charge in [0.2, 0.25) is 0 Å². The zero-order chi connectivity index (χ0) is 16.7. The second-order valence-corrected chi connectivity index (χ2v) is 8.25. The number of amides is 1. The maximum absolute atomic E-state index is 12.9. The molecule has 4 rings (SSSR count). The normalized spacial score (nSPS) is 21.0. The molecule has 0 unspecified atom stereocenters. The highest BCUT2D eigenvalue weighted by atomic mass is 32.1. The van der Waals surface area contributed by atoms with Crippen LogP contribution in [0.15, 0.2) is 24.3 Å². The zero-order valence-electron chi connectivity index (χ0n) is 14.1. The van der Waals surface area contributed by atoms with Crippen LogP contribution in [0.2, 0.25) is 0 Å². The summed E-state index contributed by atoms with van der Waals surface area (Å²) in [7, 11) is 0. The molecular formula is C19H24N2O2S. The molecule has 1 aromatic heterocycles. The van der Waals surface area contributed by atoms with Crippen molar-refractivity contribution in [3.05, 3.63) is 34.7 Å². The smallest absolute Gasteiger partial charge is 0.264 e. The lowest BCUT2D eigenvalue weighted by molar-refractivity contribution is -0.0641. The van der Waals surface area contributed by atoms with Crippen molar-refractivity contribution in [3.63, 3.8) is 0 Å². The van der Waals surface area contributed by atoms with E-state index < -0.39 is 5.60 Å². The third-order valence-corrected chi connectivity index (χ3v) is 6.76. The number of benzene rings is 1. The van der Waals surface area contributed by atoms with E-state index in [1.807, 2.05) is 17.0 Å². The van der Waals surface area contributed by atoms with Crippen molar-refractivity contribution < 1.29 is 9.90 Å². The van der Waals surface area contributed by atoms with Gasteiger partial charge in [0.1, 0.15) is 0 Å². The molecule has 4 nitrogen and oxygen atoms in total. The fraction of sp³-hybridized carbons (Fsp3) is 0.526. The summed E-state index contributed by atoms with van der Waals surface area (Å²) in [6.45, 7) is 6.03. The van der Waals surface area contributed by atoms with Gasteiger partial charge in [0.25, 0.3) is 5.91 Å². The Balaban J connectivity index is 1.43. The van der Waals surface area contributed by atoms with E-state index in [2.05, 4.69) is 24.0 Å². The average Bonchev–Trinajstić information content (AvgIpc) is 2.91. The Morgan fingerprint density at radius 3 is 2.54 bits per heavy atom. The summed E-state index contributed by atoms with van der Waals surface area (Å²) in [4.78, 5) is 18.1. The molecule has 128 valence electrons. The summed E-state index contributed by atoms with van der Waals surface area (Å²) in [5, 5.41) is 11.5. The second kappa shape index (κ2) is 6.14. The van der Waals surface area contributed by atoms with Gasteiger partial charge in [0.15, 0.2) is 0 Å². The molecule has 1 aliphatic heterocycles. The van der Waals surface area contributed by atoms with E-state index in [1.54, 1.807) is 11.3 Å². The molecule has 2 aromatic rings. The monoisotopic (exact) mass is 344 g/mol. The van der Waals surface area contributed by atoms with E-state index in [0.717, 1.165) is 62.4 Å². The molecule has 1 amide bonds. The van der Waals surface area contributed by atoms with Crippen molar-refractivity contribution in [2.24, 2.45) is 0 Å². The standard InChI is InChI=1S/C19H24N2O2S/c1-14-15-5-2-3-6-16(15)24-17(14)18(22)21-11-9-20(10-12-21)13-19(23)7-4-8-19/h2-3,5-6,23H,4,7-13H2,1H3. The number of thiophene rings is 1. The Kier molecular flexibility index (Phi) is 4.11. The Morgan fingerprint density at radius 2 is 1.92 bits per heavy atom. The number of β-amino-alcohol motifs (C(OH)–C–C–N with tert-alkyl or cyclic N) is 1. The molecule has 0 spiro atoms. The summed E-state index contributed by atoms with van der Waals surface area (Å²) in [6, 6.07) is 8.23. The summed E-state index contributed by atoms with van der Waals surface area (Å²) < 4.78 is 1.18. The van der Waals surface area contributed by atoms with E-state index in [0.29, 0.717) is 0 Å². The average molecular weight is 344 g/mol. The van der Waals surface area contributed by atoms with Gasteiger partial charge in [-0.2, -0.15) is 0 Å². The first kappa shape index (κ1) is 16.1. The van der Waals surface area contributed by atoms with Crippen LogP contribution in [-0.2, 0) is 0 Å². The van der Waals surface area contributed by atoms with Gasteiger partial charge >= 0.3 is 0 Å². The number of hydrogen-bond acceptors (Lipinski definition) is 4. The van der Waals surface area contributed by atoms with Crippen LogP contribution >= 0.6 is 11.3 Å². The molecule has 5 heteroatoms. The van der Waals surface area contributed by atoms with E-state index in [-0.39, 0.29) is 5.91 Å². The number of rotatable bonds is 3. The van der Waals surface area contributed by atoms with Gasteiger partial charge in [-0.05, 0) is 43.2 Å². The van der Waals surface area contributed by atoms with Gasteiger partial charge in [0.05, 0.1) is 10.5 Å². The van der Waals surface area contributed by atoms with Gasteiger partial charge in [-0.3, -0.25) is 9.69 Å². The molecular weight excluding hydrogens is 320 g/mol. The molecule has 0 bridgehead atoms. The van der Waals surface area contributed by atoms with Crippen molar-refractivity contribution in [2.45, 2.75) is 31.8 Å². The van der Waals surface area contributed by atoms with Crippen molar-refractivity contribution >= 4 is 27.3 Å². The highest BCUT2D eigenvalue weighted by molar-refractivity contribution is 7.21. The van der Waals surface area contributed by atoms with Crippen LogP contribution in [0.25, 0.3) is 10.1 Å². The number of fused-ring (bicyclic) bond motifs is 1. The first-order chi connectivity index (χ1) is 11.6. The van der Waals surface area contributed by atoms with E-state index in [4.69, 9.17) is 0 Å². The first-order valence-corrected chi connectivity index (χ1v) is 9.60. The molecule has 2 fully saturated rings. The minimum Gasteiger partial charge on any atom is -0.389 e. The molecule has 2 heterocycles. The molecule has 1 N–H and O–H groups in total. The summed E-state index contributed by atoms with van der Waals surface area (Å²) in [5.41, 5.74) is 0.639. The Labute approximate surface area is 146 Å². The fourth-order valence-electron chi connectivity index (χ4n) is 3.79. The van der Waals surface area contributed by atoms with E-state index in [1.165, 1.54) is 10.1 Å². The molecule has 24 heavy (non-hydrogen) atoms. The highest BCUT2D eigenvalue weighted by Gasteiger charge is 2.37. The van der Waals surface area contributed by atoms with Crippen LogP contribution in [0.5, 0.6) is 0 Å². The van der Waals surface area contributed by atoms with Crippen LogP contribution < -0.4 is 0 Å². The number of aliphatic hydroxyl groups is 1. The van der Waals surface area contributed by atoms with Crippen molar-refractivity contribution in [1.29, 1.82) is 0 Å². The number of piperazine rings is 1. The molecule has 2 aliphatic rings. The van der Waals surface area contributed by atoms with E-state index >= 15 is 0 Å². The van der Waals surface area contributed by atoms with E-state index in [9.17, 15) is 9.90 Å².